The van der Waals surface area contributed by atoms with Gasteiger partial charge in [-0.1, -0.05) is 6.08 Å². The highest BCUT2D eigenvalue weighted by molar-refractivity contribution is 7.91. The fourth-order valence-electron chi connectivity index (χ4n) is 2.18. The Kier molecular flexibility index (Phi) is 3.82. The van der Waals surface area contributed by atoms with Crippen LogP contribution in [0, 0.1) is 5.82 Å². The van der Waals surface area contributed by atoms with Crippen LogP contribution in [0.4, 0.5) is 4.39 Å². The molecule has 0 saturated carbocycles. The monoisotopic (exact) mass is 269 g/mol. The molecular formula is C13H16FNO2S. The van der Waals surface area contributed by atoms with Gasteiger partial charge in [0.05, 0.1) is 10.6 Å². The quantitative estimate of drug-likeness (QED) is 0.518. The third kappa shape index (κ3) is 2.62. The smallest absolute Gasteiger partial charge is 0.178 e. The first-order valence-corrected chi connectivity index (χ1v) is 7.56. The molecule has 1 aromatic rings. The van der Waals surface area contributed by atoms with Gasteiger partial charge in [0.1, 0.15) is 5.82 Å². The summed E-state index contributed by atoms with van der Waals surface area (Å²) in [6.07, 6.45) is 3.07. The van der Waals surface area contributed by atoms with Gasteiger partial charge in [0.25, 0.3) is 0 Å². The normalized spacial score (nSPS) is 21.3. The highest BCUT2D eigenvalue weighted by Crippen LogP contribution is 2.32. The first kappa shape index (κ1) is 13.2. The van der Waals surface area contributed by atoms with Crippen molar-refractivity contribution in [3.8, 4) is 0 Å². The molecule has 1 aromatic carbocycles. The standard InChI is InChI=1S/C13H16FNO2S/c1-2-3-7-15-12-6-8-18(16,17)13-5-4-10(14)9-11(12)13/h2,4-5,9,12,15H,1,3,6-8H2. The summed E-state index contributed by atoms with van der Waals surface area (Å²) in [6, 6.07) is 3.78. The van der Waals surface area contributed by atoms with E-state index in [1.165, 1.54) is 18.2 Å². The number of benzene rings is 1. The lowest BCUT2D eigenvalue weighted by Crippen LogP contribution is -2.30. The molecule has 2 rings (SSSR count). The highest BCUT2D eigenvalue weighted by atomic mass is 32.2. The van der Waals surface area contributed by atoms with Gasteiger partial charge in [-0.05, 0) is 43.1 Å². The van der Waals surface area contributed by atoms with Gasteiger partial charge in [-0.3, -0.25) is 0 Å². The minimum atomic E-state index is -3.25. The first-order chi connectivity index (χ1) is 8.54. The Morgan fingerprint density at radius 2 is 2.28 bits per heavy atom. The zero-order valence-corrected chi connectivity index (χ0v) is 10.8. The molecule has 0 radical (unpaired) electrons. The van der Waals surface area contributed by atoms with Crippen LogP contribution in [0.15, 0.2) is 35.7 Å². The van der Waals surface area contributed by atoms with E-state index in [-0.39, 0.29) is 16.7 Å². The van der Waals surface area contributed by atoms with Crippen molar-refractivity contribution in [3.05, 3.63) is 42.2 Å². The lowest BCUT2D eigenvalue weighted by atomic mass is 10.0. The van der Waals surface area contributed by atoms with E-state index < -0.39 is 15.7 Å². The van der Waals surface area contributed by atoms with Gasteiger partial charge in [0.15, 0.2) is 9.84 Å². The van der Waals surface area contributed by atoms with Crippen molar-refractivity contribution in [2.75, 3.05) is 12.3 Å². The summed E-state index contributed by atoms with van der Waals surface area (Å²) in [5, 5.41) is 3.24. The molecule has 0 fully saturated rings. The third-order valence-electron chi connectivity index (χ3n) is 3.10. The van der Waals surface area contributed by atoms with E-state index in [2.05, 4.69) is 11.9 Å². The van der Waals surface area contributed by atoms with Crippen LogP contribution in [0.3, 0.4) is 0 Å². The Balaban J connectivity index is 2.32. The molecule has 0 aliphatic carbocycles. The molecular weight excluding hydrogens is 253 g/mol. The molecule has 3 nitrogen and oxygen atoms in total. The van der Waals surface area contributed by atoms with E-state index in [9.17, 15) is 12.8 Å². The van der Waals surface area contributed by atoms with Crippen LogP contribution < -0.4 is 5.32 Å². The molecule has 5 heteroatoms. The second kappa shape index (κ2) is 5.20. The van der Waals surface area contributed by atoms with Crippen LogP contribution in [0.2, 0.25) is 0 Å². The third-order valence-corrected chi connectivity index (χ3v) is 4.91. The Morgan fingerprint density at radius 3 is 3.00 bits per heavy atom. The highest BCUT2D eigenvalue weighted by Gasteiger charge is 2.30. The maximum Gasteiger partial charge on any atom is 0.178 e. The van der Waals surface area contributed by atoms with Gasteiger partial charge in [0.2, 0.25) is 0 Å². The molecule has 0 spiro atoms. The molecule has 0 bridgehead atoms. The molecule has 1 aliphatic heterocycles. The molecule has 0 saturated heterocycles. The predicted octanol–water partition coefficient (Wildman–Crippen LogP) is 2.21. The lowest BCUT2D eigenvalue weighted by Gasteiger charge is -2.26. The van der Waals surface area contributed by atoms with E-state index in [0.29, 0.717) is 18.5 Å². The molecule has 1 unspecified atom stereocenters. The molecule has 1 atom stereocenters. The Morgan fingerprint density at radius 1 is 1.50 bits per heavy atom. The molecule has 0 aromatic heterocycles. The summed E-state index contributed by atoms with van der Waals surface area (Å²) in [4.78, 5) is 0.256. The van der Waals surface area contributed by atoms with E-state index >= 15 is 0 Å². The second-order valence-electron chi connectivity index (χ2n) is 4.37. The van der Waals surface area contributed by atoms with Gasteiger partial charge in [-0.2, -0.15) is 0 Å². The van der Waals surface area contributed by atoms with Crippen molar-refractivity contribution in [2.24, 2.45) is 0 Å². The number of hydrogen-bond acceptors (Lipinski definition) is 3. The minimum Gasteiger partial charge on any atom is -0.310 e. The van der Waals surface area contributed by atoms with Gasteiger partial charge < -0.3 is 5.32 Å². The fraction of sp³-hybridized carbons (Fsp3) is 0.385. The molecule has 18 heavy (non-hydrogen) atoms. The summed E-state index contributed by atoms with van der Waals surface area (Å²) in [5.74, 6) is -0.293. The summed E-state index contributed by atoms with van der Waals surface area (Å²) < 4.78 is 37.1. The van der Waals surface area contributed by atoms with Gasteiger partial charge in [-0.15, -0.1) is 6.58 Å². The number of rotatable bonds is 4. The van der Waals surface area contributed by atoms with Crippen molar-refractivity contribution in [1.29, 1.82) is 0 Å². The van der Waals surface area contributed by atoms with E-state index in [1.54, 1.807) is 6.08 Å². The van der Waals surface area contributed by atoms with E-state index in [4.69, 9.17) is 0 Å². The SMILES string of the molecule is C=CCCNC1CCS(=O)(=O)c2ccc(F)cc21. The molecule has 98 valence electrons. The van der Waals surface area contributed by atoms with Gasteiger partial charge in [0, 0.05) is 6.04 Å². The number of halogens is 1. The van der Waals surface area contributed by atoms with Crippen molar-refractivity contribution < 1.29 is 12.8 Å². The second-order valence-corrected chi connectivity index (χ2v) is 6.45. The lowest BCUT2D eigenvalue weighted by molar-refractivity contribution is 0.492. The number of sulfone groups is 1. The van der Waals surface area contributed by atoms with Crippen LogP contribution in [-0.2, 0) is 9.84 Å². The van der Waals surface area contributed by atoms with Crippen molar-refractivity contribution in [2.45, 2.75) is 23.8 Å². The first-order valence-electron chi connectivity index (χ1n) is 5.91. The topological polar surface area (TPSA) is 46.2 Å². The fourth-order valence-corrected chi connectivity index (χ4v) is 3.79. The molecule has 1 aliphatic rings. The molecule has 1 heterocycles. The van der Waals surface area contributed by atoms with Crippen molar-refractivity contribution in [1.82, 2.24) is 5.32 Å². The van der Waals surface area contributed by atoms with Crippen LogP contribution in [-0.4, -0.2) is 20.7 Å². The summed E-state index contributed by atoms with van der Waals surface area (Å²) in [5.41, 5.74) is 0.547. The van der Waals surface area contributed by atoms with Gasteiger partial charge in [-0.25, -0.2) is 12.8 Å². The number of fused-ring (bicyclic) bond motifs is 1. The number of nitrogens with one attached hydrogen (secondary N) is 1. The van der Waals surface area contributed by atoms with E-state index in [0.717, 1.165) is 6.42 Å². The predicted molar refractivity (Wildman–Crippen MR) is 68.6 cm³/mol. The zero-order chi connectivity index (χ0) is 13.2. The molecule has 1 N–H and O–H groups in total. The Hall–Kier alpha value is -1.20. The van der Waals surface area contributed by atoms with Crippen LogP contribution in [0.25, 0.3) is 0 Å². The maximum atomic E-state index is 13.3. The number of hydrogen-bond donors (Lipinski definition) is 1. The van der Waals surface area contributed by atoms with E-state index in [1.807, 2.05) is 0 Å². The maximum absolute atomic E-state index is 13.3. The van der Waals surface area contributed by atoms with Crippen molar-refractivity contribution in [3.63, 3.8) is 0 Å². The largest absolute Gasteiger partial charge is 0.310 e. The van der Waals surface area contributed by atoms with Crippen LogP contribution >= 0.6 is 0 Å². The average molecular weight is 269 g/mol. The average Bonchev–Trinajstić information content (AvgIpc) is 2.32. The summed E-state index contributed by atoms with van der Waals surface area (Å²) in [7, 11) is -3.25. The Bertz CT molecular complexity index is 554. The molecule has 0 amide bonds. The summed E-state index contributed by atoms with van der Waals surface area (Å²) >= 11 is 0. The zero-order valence-electron chi connectivity index (χ0n) is 10.0. The van der Waals surface area contributed by atoms with Gasteiger partial charge >= 0.3 is 0 Å². The van der Waals surface area contributed by atoms with Crippen molar-refractivity contribution >= 4 is 9.84 Å². The van der Waals surface area contributed by atoms with Crippen LogP contribution in [0.5, 0.6) is 0 Å². The van der Waals surface area contributed by atoms with Crippen LogP contribution in [0.1, 0.15) is 24.4 Å². The Labute approximate surface area is 107 Å². The minimum absolute atomic E-state index is 0.0980. The summed E-state index contributed by atoms with van der Waals surface area (Å²) in [6.45, 7) is 4.34.